The summed E-state index contributed by atoms with van der Waals surface area (Å²) in [4.78, 5) is 35.3. The quantitative estimate of drug-likeness (QED) is 0.791. The minimum absolute atomic E-state index is 0.290. The lowest BCUT2D eigenvalue weighted by Crippen LogP contribution is -2.20. The second-order valence-corrected chi connectivity index (χ2v) is 6.24. The molecule has 0 unspecified atom stereocenters. The van der Waals surface area contributed by atoms with Gasteiger partial charge >= 0.3 is 11.9 Å². The molecule has 6 nitrogen and oxygen atoms in total. The summed E-state index contributed by atoms with van der Waals surface area (Å²) in [6.45, 7) is 1.59. The summed E-state index contributed by atoms with van der Waals surface area (Å²) in [6.07, 6.45) is 0. The molecule has 1 aromatic carbocycles. The molecule has 0 bridgehead atoms. The number of halogens is 1. The van der Waals surface area contributed by atoms with Crippen LogP contribution in [0, 0.1) is 0 Å². The van der Waals surface area contributed by atoms with Crippen LogP contribution in [0.25, 0.3) is 0 Å². The molecule has 1 aromatic heterocycles. The van der Waals surface area contributed by atoms with Crippen LogP contribution in [0.15, 0.2) is 36.4 Å². The zero-order valence-electron chi connectivity index (χ0n) is 12.7. The number of carbonyl (C=O) groups excluding carboxylic acids is 3. The Balaban J connectivity index is 1.84. The lowest BCUT2D eigenvalue weighted by molar-refractivity contribution is -0.119. The molecule has 2 rings (SSSR count). The fraction of sp³-hybridized carbons (Fsp3) is 0.188. The van der Waals surface area contributed by atoms with Crippen molar-refractivity contribution in [2.24, 2.45) is 0 Å². The van der Waals surface area contributed by atoms with E-state index in [-0.39, 0.29) is 6.61 Å². The number of nitrogens with one attached hydrogen (secondary N) is 1. The van der Waals surface area contributed by atoms with Crippen molar-refractivity contribution < 1.29 is 23.9 Å². The monoisotopic (exact) mass is 367 g/mol. The topological polar surface area (TPSA) is 81.7 Å². The first-order valence-electron chi connectivity index (χ1n) is 6.99. The molecule has 0 spiro atoms. The van der Waals surface area contributed by atoms with Gasteiger partial charge in [0.05, 0.1) is 16.5 Å². The SMILES string of the molecule is CCOC(=O)c1ccc(NC(=O)COC(=O)c2ccc(Cl)s2)cc1. The predicted molar refractivity (Wildman–Crippen MR) is 90.6 cm³/mol. The average molecular weight is 368 g/mol. The Labute approximate surface area is 147 Å². The minimum Gasteiger partial charge on any atom is -0.462 e. The Bertz CT molecular complexity index is 741. The zero-order valence-corrected chi connectivity index (χ0v) is 14.3. The summed E-state index contributed by atoms with van der Waals surface area (Å²) >= 11 is 6.80. The summed E-state index contributed by atoms with van der Waals surface area (Å²) in [7, 11) is 0. The van der Waals surface area contributed by atoms with Crippen molar-refractivity contribution in [2.45, 2.75) is 6.92 Å². The average Bonchev–Trinajstić information content (AvgIpc) is 3.00. The summed E-state index contributed by atoms with van der Waals surface area (Å²) in [6, 6.07) is 9.30. The molecule has 0 fully saturated rings. The predicted octanol–water partition coefficient (Wildman–Crippen LogP) is 3.37. The van der Waals surface area contributed by atoms with E-state index in [1.165, 1.54) is 18.2 Å². The number of amides is 1. The van der Waals surface area contributed by atoms with Crippen molar-refractivity contribution in [1.82, 2.24) is 0 Å². The van der Waals surface area contributed by atoms with E-state index in [0.717, 1.165) is 11.3 Å². The molecule has 1 N–H and O–H groups in total. The highest BCUT2D eigenvalue weighted by atomic mass is 35.5. The van der Waals surface area contributed by atoms with Gasteiger partial charge in [0.1, 0.15) is 4.88 Å². The Kier molecular flexibility index (Phi) is 6.34. The molecule has 0 radical (unpaired) electrons. The van der Waals surface area contributed by atoms with Crippen LogP contribution < -0.4 is 5.32 Å². The van der Waals surface area contributed by atoms with Gasteiger partial charge in [-0.05, 0) is 43.3 Å². The van der Waals surface area contributed by atoms with Crippen molar-refractivity contribution in [2.75, 3.05) is 18.5 Å². The van der Waals surface area contributed by atoms with E-state index in [1.54, 1.807) is 25.1 Å². The number of hydrogen-bond acceptors (Lipinski definition) is 6. The van der Waals surface area contributed by atoms with Crippen molar-refractivity contribution in [3.8, 4) is 0 Å². The number of rotatable bonds is 6. The Hall–Kier alpha value is -2.38. The Morgan fingerprint density at radius 2 is 1.75 bits per heavy atom. The van der Waals surface area contributed by atoms with E-state index in [1.807, 2.05) is 0 Å². The van der Waals surface area contributed by atoms with Gasteiger partial charge < -0.3 is 14.8 Å². The third kappa shape index (κ3) is 5.07. The van der Waals surface area contributed by atoms with Crippen LogP contribution >= 0.6 is 22.9 Å². The molecule has 8 heteroatoms. The van der Waals surface area contributed by atoms with Crippen LogP contribution in [0.4, 0.5) is 5.69 Å². The summed E-state index contributed by atoms with van der Waals surface area (Å²) in [5, 5.41) is 2.56. The number of anilines is 1. The Morgan fingerprint density at radius 1 is 1.04 bits per heavy atom. The van der Waals surface area contributed by atoms with Gasteiger partial charge in [0.15, 0.2) is 6.61 Å². The van der Waals surface area contributed by atoms with Crippen LogP contribution in [0.5, 0.6) is 0 Å². The first kappa shape index (κ1) is 18.0. The van der Waals surface area contributed by atoms with Crippen LogP contribution in [0.2, 0.25) is 4.34 Å². The third-order valence-electron chi connectivity index (χ3n) is 2.79. The van der Waals surface area contributed by atoms with E-state index < -0.39 is 24.5 Å². The molecule has 2 aromatic rings. The van der Waals surface area contributed by atoms with Crippen molar-refractivity contribution in [1.29, 1.82) is 0 Å². The molecule has 0 aliphatic rings. The normalized spacial score (nSPS) is 10.1. The maximum atomic E-state index is 11.8. The fourth-order valence-electron chi connectivity index (χ4n) is 1.73. The van der Waals surface area contributed by atoms with Gasteiger partial charge in [-0.3, -0.25) is 4.79 Å². The standard InChI is InChI=1S/C16H14ClNO5S/c1-2-22-15(20)10-3-5-11(6-4-10)18-14(19)9-23-16(21)12-7-8-13(17)24-12/h3-8H,2,9H2,1H3,(H,18,19). The highest BCUT2D eigenvalue weighted by molar-refractivity contribution is 7.17. The number of benzene rings is 1. The lowest BCUT2D eigenvalue weighted by atomic mass is 10.2. The number of esters is 2. The molecular formula is C16H14ClNO5S. The molecule has 1 heterocycles. The van der Waals surface area contributed by atoms with E-state index in [0.29, 0.717) is 20.5 Å². The van der Waals surface area contributed by atoms with Crippen molar-refractivity contribution in [3.63, 3.8) is 0 Å². The minimum atomic E-state index is -0.611. The smallest absolute Gasteiger partial charge is 0.348 e. The molecule has 0 saturated heterocycles. The van der Waals surface area contributed by atoms with Crippen molar-refractivity contribution >= 4 is 46.5 Å². The molecule has 1 amide bonds. The van der Waals surface area contributed by atoms with E-state index in [4.69, 9.17) is 21.1 Å². The molecule has 0 aliphatic carbocycles. The van der Waals surface area contributed by atoms with Gasteiger partial charge in [0, 0.05) is 5.69 Å². The largest absolute Gasteiger partial charge is 0.462 e. The molecule has 126 valence electrons. The van der Waals surface area contributed by atoms with Crippen molar-refractivity contribution in [3.05, 3.63) is 51.2 Å². The second-order valence-electron chi connectivity index (χ2n) is 4.53. The lowest BCUT2D eigenvalue weighted by Gasteiger charge is -2.07. The number of thiophene rings is 1. The number of ether oxygens (including phenoxy) is 2. The maximum absolute atomic E-state index is 11.8. The highest BCUT2D eigenvalue weighted by Crippen LogP contribution is 2.22. The van der Waals surface area contributed by atoms with E-state index in [9.17, 15) is 14.4 Å². The van der Waals surface area contributed by atoms with Gasteiger partial charge in [-0.25, -0.2) is 9.59 Å². The molecule has 0 aliphatic heterocycles. The summed E-state index contributed by atoms with van der Waals surface area (Å²) in [5.41, 5.74) is 0.860. The van der Waals surface area contributed by atoms with Crippen LogP contribution in [-0.4, -0.2) is 31.1 Å². The zero-order chi connectivity index (χ0) is 17.5. The van der Waals surface area contributed by atoms with Crippen LogP contribution in [0.3, 0.4) is 0 Å². The van der Waals surface area contributed by atoms with Gasteiger partial charge in [-0.15, -0.1) is 11.3 Å². The molecular weight excluding hydrogens is 354 g/mol. The first-order chi connectivity index (χ1) is 11.5. The molecule has 0 atom stereocenters. The van der Waals surface area contributed by atoms with Gasteiger partial charge in [0.25, 0.3) is 5.91 Å². The first-order valence-corrected chi connectivity index (χ1v) is 8.18. The van der Waals surface area contributed by atoms with Gasteiger partial charge in [0.2, 0.25) is 0 Å². The highest BCUT2D eigenvalue weighted by Gasteiger charge is 2.13. The van der Waals surface area contributed by atoms with Gasteiger partial charge in [-0.1, -0.05) is 11.6 Å². The summed E-state index contributed by atoms with van der Waals surface area (Å²) in [5.74, 6) is -1.53. The van der Waals surface area contributed by atoms with Gasteiger partial charge in [-0.2, -0.15) is 0 Å². The number of hydrogen-bond donors (Lipinski definition) is 1. The summed E-state index contributed by atoms with van der Waals surface area (Å²) < 4.78 is 10.2. The number of carbonyl (C=O) groups is 3. The third-order valence-corrected chi connectivity index (χ3v) is 4.00. The van der Waals surface area contributed by atoms with Crippen LogP contribution in [-0.2, 0) is 14.3 Å². The van der Waals surface area contributed by atoms with Crippen LogP contribution in [0.1, 0.15) is 27.0 Å². The maximum Gasteiger partial charge on any atom is 0.348 e. The Morgan fingerprint density at radius 3 is 2.33 bits per heavy atom. The molecule has 24 heavy (non-hydrogen) atoms. The van der Waals surface area contributed by atoms with E-state index >= 15 is 0 Å². The van der Waals surface area contributed by atoms with E-state index in [2.05, 4.69) is 5.32 Å². The second kappa shape index (κ2) is 8.47. The molecule has 0 saturated carbocycles. The fourth-order valence-corrected chi connectivity index (χ4v) is 2.66.